The Bertz CT molecular complexity index is 534. The van der Waals surface area contributed by atoms with Crippen LogP contribution in [0, 0.1) is 0 Å². The molecule has 5 nitrogen and oxygen atoms in total. The van der Waals surface area contributed by atoms with E-state index >= 15 is 0 Å². The van der Waals surface area contributed by atoms with Gasteiger partial charge in [0.15, 0.2) is 0 Å². The number of ether oxygens (including phenoxy) is 1. The summed E-state index contributed by atoms with van der Waals surface area (Å²) >= 11 is 3.45. The van der Waals surface area contributed by atoms with E-state index in [-0.39, 0.29) is 12.0 Å². The van der Waals surface area contributed by atoms with Crippen molar-refractivity contribution in [3.63, 3.8) is 0 Å². The quantitative estimate of drug-likeness (QED) is 0.759. The van der Waals surface area contributed by atoms with Gasteiger partial charge in [-0.3, -0.25) is 4.79 Å². The van der Waals surface area contributed by atoms with Crippen molar-refractivity contribution in [2.45, 2.75) is 43.9 Å². The number of amides is 1. The van der Waals surface area contributed by atoms with Gasteiger partial charge in [0.1, 0.15) is 6.10 Å². The summed E-state index contributed by atoms with van der Waals surface area (Å²) in [6.45, 7) is 0.467. The zero-order valence-corrected chi connectivity index (χ0v) is 13.4. The van der Waals surface area contributed by atoms with Crippen LogP contribution >= 0.6 is 15.9 Å². The fourth-order valence-corrected chi connectivity index (χ4v) is 2.84. The second kappa shape index (κ2) is 6.34. The lowest BCUT2D eigenvalue weighted by Gasteiger charge is -2.16. The molecule has 0 bridgehead atoms. The lowest BCUT2D eigenvalue weighted by Crippen LogP contribution is -2.30. The highest BCUT2D eigenvalue weighted by Crippen LogP contribution is 2.32. The maximum absolute atomic E-state index is 12.3. The maximum atomic E-state index is 12.3. The number of carbonyl (C=O) groups excluding carboxylic acids is 1. The first-order valence-electron chi connectivity index (χ1n) is 7.38. The summed E-state index contributed by atoms with van der Waals surface area (Å²) in [4.78, 5) is 12.3. The summed E-state index contributed by atoms with van der Waals surface area (Å²) in [5.74, 6) is -0.0945. The Hall–Kier alpha value is -1.11. The van der Waals surface area contributed by atoms with Gasteiger partial charge in [0.25, 0.3) is 5.91 Å². The van der Waals surface area contributed by atoms with Gasteiger partial charge in [-0.2, -0.15) is 0 Å². The van der Waals surface area contributed by atoms with E-state index in [0.29, 0.717) is 12.6 Å². The van der Waals surface area contributed by atoms with Crippen molar-refractivity contribution in [3.8, 4) is 0 Å². The number of rotatable bonds is 5. The average molecular weight is 354 g/mol. The Labute approximate surface area is 132 Å². The predicted octanol–water partition coefficient (Wildman–Crippen LogP) is 2.47. The van der Waals surface area contributed by atoms with Gasteiger partial charge in [0, 0.05) is 17.1 Å². The zero-order chi connectivity index (χ0) is 14.8. The molecule has 0 radical (unpaired) electrons. The Balaban J connectivity index is 1.68. The normalized spacial score (nSPS) is 24.9. The van der Waals surface area contributed by atoms with E-state index < -0.39 is 6.10 Å². The van der Waals surface area contributed by atoms with Crippen molar-refractivity contribution in [1.29, 1.82) is 0 Å². The van der Waals surface area contributed by atoms with Crippen molar-refractivity contribution in [2.24, 2.45) is 5.73 Å². The van der Waals surface area contributed by atoms with Crippen molar-refractivity contribution >= 4 is 33.2 Å². The van der Waals surface area contributed by atoms with Crippen LogP contribution in [0.4, 0.5) is 11.4 Å². The number of nitrogens with one attached hydrogen (secondary N) is 2. The molecule has 1 saturated carbocycles. The van der Waals surface area contributed by atoms with Crippen molar-refractivity contribution in [2.75, 3.05) is 17.2 Å². The number of carbonyl (C=O) groups is 1. The maximum Gasteiger partial charge on any atom is 0.253 e. The molecule has 1 saturated heterocycles. The van der Waals surface area contributed by atoms with E-state index in [0.717, 1.165) is 28.7 Å². The second-order valence-electron chi connectivity index (χ2n) is 5.66. The van der Waals surface area contributed by atoms with Gasteiger partial charge in [-0.1, -0.05) is 15.9 Å². The fraction of sp³-hybridized carbons (Fsp3) is 0.533. The molecule has 2 fully saturated rings. The number of halogens is 1. The molecule has 6 heteroatoms. The SMILES string of the molecule is NC[C@H]1CC[C@@H](C(=O)Nc2cc(Br)ccc2NC2CC2)O1. The molecule has 1 aliphatic heterocycles. The summed E-state index contributed by atoms with van der Waals surface area (Å²) in [5.41, 5.74) is 7.33. The molecular formula is C15H20BrN3O2. The minimum absolute atomic E-state index is 0.00678. The monoisotopic (exact) mass is 353 g/mol. The highest BCUT2D eigenvalue weighted by molar-refractivity contribution is 9.10. The van der Waals surface area contributed by atoms with E-state index in [4.69, 9.17) is 10.5 Å². The van der Waals surface area contributed by atoms with Crippen LogP contribution in [0.25, 0.3) is 0 Å². The third-order valence-corrected chi connectivity index (χ3v) is 4.33. The lowest BCUT2D eigenvalue weighted by atomic mass is 10.2. The summed E-state index contributed by atoms with van der Waals surface area (Å²) in [5, 5.41) is 6.41. The van der Waals surface area contributed by atoms with Crippen molar-refractivity contribution in [1.82, 2.24) is 0 Å². The molecule has 0 spiro atoms. The molecule has 2 aliphatic rings. The number of anilines is 2. The Kier molecular flexibility index (Phi) is 4.47. The predicted molar refractivity (Wildman–Crippen MR) is 86.4 cm³/mol. The number of benzene rings is 1. The van der Waals surface area contributed by atoms with Crippen LogP contribution in [0.5, 0.6) is 0 Å². The minimum atomic E-state index is -0.397. The number of hydrogen-bond acceptors (Lipinski definition) is 4. The highest BCUT2D eigenvalue weighted by Gasteiger charge is 2.30. The lowest BCUT2D eigenvalue weighted by molar-refractivity contribution is -0.126. The number of hydrogen-bond donors (Lipinski definition) is 3. The molecule has 2 atom stereocenters. The minimum Gasteiger partial charge on any atom is -0.381 e. The van der Waals surface area contributed by atoms with Gasteiger partial charge in [-0.05, 0) is 43.9 Å². The number of nitrogens with two attached hydrogens (primary N) is 1. The Morgan fingerprint density at radius 1 is 1.29 bits per heavy atom. The third kappa shape index (κ3) is 3.75. The van der Waals surface area contributed by atoms with Gasteiger partial charge >= 0.3 is 0 Å². The van der Waals surface area contributed by atoms with Crippen LogP contribution in [0.1, 0.15) is 25.7 Å². The van der Waals surface area contributed by atoms with Crippen molar-refractivity contribution in [3.05, 3.63) is 22.7 Å². The summed E-state index contributed by atoms with van der Waals surface area (Å²) < 4.78 is 6.58. The largest absolute Gasteiger partial charge is 0.381 e. The first-order valence-corrected chi connectivity index (χ1v) is 8.17. The van der Waals surface area contributed by atoms with Crippen LogP contribution in [0.2, 0.25) is 0 Å². The molecule has 3 rings (SSSR count). The molecule has 1 amide bonds. The van der Waals surface area contributed by atoms with Gasteiger partial charge in [0.05, 0.1) is 17.5 Å². The van der Waals surface area contributed by atoms with E-state index in [9.17, 15) is 4.79 Å². The third-order valence-electron chi connectivity index (χ3n) is 3.84. The van der Waals surface area contributed by atoms with Gasteiger partial charge in [-0.15, -0.1) is 0 Å². The van der Waals surface area contributed by atoms with Crippen LogP contribution in [-0.4, -0.2) is 30.7 Å². The smallest absolute Gasteiger partial charge is 0.253 e. The Morgan fingerprint density at radius 2 is 2.10 bits per heavy atom. The molecule has 1 heterocycles. The van der Waals surface area contributed by atoms with Gasteiger partial charge in [0.2, 0.25) is 0 Å². The Morgan fingerprint density at radius 3 is 2.76 bits per heavy atom. The van der Waals surface area contributed by atoms with Gasteiger partial charge in [-0.25, -0.2) is 0 Å². The summed E-state index contributed by atoms with van der Waals surface area (Å²) in [7, 11) is 0. The first kappa shape index (κ1) is 14.8. The van der Waals surface area contributed by atoms with E-state index in [2.05, 4.69) is 26.6 Å². The average Bonchev–Trinajstić information content (AvgIpc) is 3.15. The molecule has 1 aliphatic carbocycles. The standard InChI is InChI=1S/C15H20BrN3O2/c16-9-1-5-12(18-10-2-3-10)13(7-9)19-15(20)14-6-4-11(8-17)21-14/h1,5,7,10-11,14,18H,2-4,6,8,17H2,(H,19,20)/t11-,14+/m1/s1. The first-order chi connectivity index (χ1) is 10.2. The molecule has 1 aromatic carbocycles. The molecule has 1 aromatic rings. The zero-order valence-electron chi connectivity index (χ0n) is 11.8. The fourth-order valence-electron chi connectivity index (χ4n) is 2.48. The topological polar surface area (TPSA) is 76.4 Å². The molecule has 114 valence electrons. The van der Waals surface area contributed by atoms with Crippen LogP contribution in [0.3, 0.4) is 0 Å². The van der Waals surface area contributed by atoms with E-state index in [1.165, 1.54) is 12.8 Å². The van der Waals surface area contributed by atoms with Crippen LogP contribution < -0.4 is 16.4 Å². The van der Waals surface area contributed by atoms with E-state index in [1.807, 2.05) is 18.2 Å². The highest BCUT2D eigenvalue weighted by atomic mass is 79.9. The van der Waals surface area contributed by atoms with Crippen molar-refractivity contribution < 1.29 is 9.53 Å². The molecular weight excluding hydrogens is 334 g/mol. The molecule has 21 heavy (non-hydrogen) atoms. The second-order valence-corrected chi connectivity index (χ2v) is 6.57. The molecule has 4 N–H and O–H groups in total. The molecule has 0 aromatic heterocycles. The summed E-state index contributed by atoms with van der Waals surface area (Å²) in [6.07, 6.45) is 3.56. The van der Waals surface area contributed by atoms with E-state index in [1.54, 1.807) is 0 Å². The molecule has 0 unspecified atom stereocenters. The van der Waals surface area contributed by atoms with Crippen LogP contribution in [0.15, 0.2) is 22.7 Å². The summed E-state index contributed by atoms with van der Waals surface area (Å²) in [6, 6.07) is 6.40. The van der Waals surface area contributed by atoms with Crippen LogP contribution in [-0.2, 0) is 9.53 Å². The van der Waals surface area contributed by atoms with Gasteiger partial charge < -0.3 is 21.1 Å².